The fourth-order valence-electron chi connectivity index (χ4n) is 2.32. The van der Waals surface area contributed by atoms with Crippen molar-refractivity contribution in [2.24, 2.45) is 0 Å². The van der Waals surface area contributed by atoms with Crippen molar-refractivity contribution in [3.63, 3.8) is 0 Å². The van der Waals surface area contributed by atoms with Crippen molar-refractivity contribution in [3.05, 3.63) is 20.9 Å². The zero-order chi connectivity index (χ0) is 12.3. The zero-order valence-corrected chi connectivity index (χ0v) is 11.7. The van der Waals surface area contributed by atoms with E-state index in [4.69, 9.17) is 11.6 Å². The van der Waals surface area contributed by atoms with Gasteiger partial charge in [0.15, 0.2) is 5.78 Å². The van der Waals surface area contributed by atoms with Gasteiger partial charge in [0.2, 0.25) is 0 Å². The SMILES string of the molecule is CCc1sc2c(c1C(=O)CCCCl)CCNC2. The van der Waals surface area contributed by atoms with Crippen LogP contribution >= 0.6 is 22.9 Å². The molecule has 1 aliphatic heterocycles. The third-order valence-electron chi connectivity index (χ3n) is 3.14. The van der Waals surface area contributed by atoms with Gasteiger partial charge in [-0.15, -0.1) is 22.9 Å². The molecular formula is C13H18ClNOS. The van der Waals surface area contributed by atoms with Crippen LogP contribution in [0, 0.1) is 0 Å². The molecule has 2 heterocycles. The van der Waals surface area contributed by atoms with Crippen LogP contribution in [0.3, 0.4) is 0 Å². The molecule has 0 radical (unpaired) electrons. The predicted octanol–water partition coefficient (Wildman–Crippen LogP) is 3.16. The topological polar surface area (TPSA) is 29.1 Å². The van der Waals surface area contributed by atoms with Crippen molar-refractivity contribution in [1.29, 1.82) is 0 Å². The highest BCUT2D eigenvalue weighted by Gasteiger charge is 2.23. The molecule has 0 fully saturated rings. The minimum atomic E-state index is 0.293. The average Bonchev–Trinajstić information content (AvgIpc) is 2.74. The molecule has 0 saturated heterocycles. The summed E-state index contributed by atoms with van der Waals surface area (Å²) in [5.74, 6) is 0.864. The molecule has 0 aliphatic carbocycles. The van der Waals surface area contributed by atoms with Gasteiger partial charge >= 0.3 is 0 Å². The Morgan fingerprint density at radius 3 is 3.06 bits per heavy atom. The van der Waals surface area contributed by atoms with Gasteiger partial charge in [-0.1, -0.05) is 6.92 Å². The summed E-state index contributed by atoms with van der Waals surface area (Å²) < 4.78 is 0. The number of thiophene rings is 1. The van der Waals surface area contributed by atoms with E-state index in [1.165, 1.54) is 15.3 Å². The van der Waals surface area contributed by atoms with Gasteiger partial charge in [0.25, 0.3) is 0 Å². The smallest absolute Gasteiger partial charge is 0.164 e. The van der Waals surface area contributed by atoms with Crippen molar-refractivity contribution in [2.75, 3.05) is 12.4 Å². The standard InChI is InChI=1S/C13H18ClNOS/c1-2-11-13(10(16)4-3-6-14)9-5-7-15-8-12(9)17-11/h15H,2-8H2,1H3. The van der Waals surface area contributed by atoms with Crippen LogP contribution in [0.15, 0.2) is 0 Å². The lowest BCUT2D eigenvalue weighted by atomic mass is 9.96. The monoisotopic (exact) mass is 271 g/mol. The minimum absolute atomic E-state index is 0.293. The summed E-state index contributed by atoms with van der Waals surface area (Å²) in [5, 5.41) is 3.37. The van der Waals surface area contributed by atoms with Crippen LogP contribution in [-0.2, 0) is 19.4 Å². The maximum Gasteiger partial charge on any atom is 0.164 e. The first kappa shape index (κ1) is 13.1. The van der Waals surface area contributed by atoms with E-state index in [0.29, 0.717) is 18.1 Å². The molecule has 94 valence electrons. The molecule has 2 rings (SSSR count). The minimum Gasteiger partial charge on any atom is -0.312 e. The number of alkyl halides is 1. The number of hydrogen-bond donors (Lipinski definition) is 1. The summed E-state index contributed by atoms with van der Waals surface area (Å²) in [6.07, 6.45) is 3.33. The Hall–Kier alpha value is -0.380. The summed E-state index contributed by atoms with van der Waals surface area (Å²) in [4.78, 5) is 14.9. The first-order valence-electron chi connectivity index (χ1n) is 6.21. The van der Waals surface area contributed by atoms with Crippen molar-refractivity contribution in [1.82, 2.24) is 5.32 Å². The third kappa shape index (κ3) is 2.72. The molecule has 0 unspecified atom stereocenters. The predicted molar refractivity (Wildman–Crippen MR) is 73.4 cm³/mol. The van der Waals surface area contributed by atoms with Gasteiger partial charge in [0.1, 0.15) is 0 Å². The summed E-state index contributed by atoms with van der Waals surface area (Å²) in [7, 11) is 0. The lowest BCUT2D eigenvalue weighted by Gasteiger charge is -2.13. The van der Waals surface area contributed by atoms with Crippen molar-refractivity contribution < 1.29 is 4.79 Å². The van der Waals surface area contributed by atoms with Crippen LogP contribution in [0.5, 0.6) is 0 Å². The lowest BCUT2D eigenvalue weighted by molar-refractivity contribution is 0.0980. The average molecular weight is 272 g/mol. The van der Waals surface area contributed by atoms with Gasteiger partial charge in [0.05, 0.1) is 0 Å². The molecule has 2 nitrogen and oxygen atoms in total. The second kappa shape index (κ2) is 5.98. The van der Waals surface area contributed by atoms with E-state index in [9.17, 15) is 4.79 Å². The summed E-state index contributed by atoms with van der Waals surface area (Å²) >= 11 is 7.47. The second-order valence-corrected chi connectivity index (χ2v) is 5.87. The number of nitrogens with one attached hydrogen (secondary N) is 1. The van der Waals surface area contributed by atoms with E-state index in [1.54, 1.807) is 0 Å². The first-order chi connectivity index (χ1) is 8.27. The van der Waals surface area contributed by atoms with E-state index in [-0.39, 0.29) is 0 Å². The Morgan fingerprint density at radius 1 is 1.53 bits per heavy atom. The fraction of sp³-hybridized carbons (Fsp3) is 0.615. The number of fused-ring (bicyclic) bond motifs is 1. The molecular weight excluding hydrogens is 254 g/mol. The van der Waals surface area contributed by atoms with Gasteiger partial charge < -0.3 is 5.32 Å². The number of halogens is 1. The van der Waals surface area contributed by atoms with Crippen LogP contribution in [0.4, 0.5) is 0 Å². The highest BCUT2D eigenvalue weighted by atomic mass is 35.5. The quantitative estimate of drug-likeness (QED) is 0.658. The maximum absolute atomic E-state index is 12.2. The molecule has 0 aromatic carbocycles. The van der Waals surface area contributed by atoms with E-state index in [0.717, 1.165) is 37.9 Å². The first-order valence-corrected chi connectivity index (χ1v) is 7.56. The van der Waals surface area contributed by atoms with Crippen LogP contribution in [0.2, 0.25) is 0 Å². The van der Waals surface area contributed by atoms with E-state index < -0.39 is 0 Å². The molecule has 1 aromatic heterocycles. The Morgan fingerprint density at radius 2 is 2.35 bits per heavy atom. The number of carbonyl (C=O) groups is 1. The lowest BCUT2D eigenvalue weighted by Crippen LogP contribution is -2.23. The number of carbonyl (C=O) groups excluding carboxylic acids is 1. The number of rotatable bonds is 5. The van der Waals surface area contributed by atoms with Gasteiger partial charge in [-0.25, -0.2) is 0 Å². The Kier molecular flexibility index (Phi) is 4.60. The van der Waals surface area contributed by atoms with Crippen LogP contribution in [0.1, 0.15) is 45.4 Å². The van der Waals surface area contributed by atoms with Gasteiger partial charge in [-0.2, -0.15) is 0 Å². The summed E-state index contributed by atoms with van der Waals surface area (Å²) in [5.41, 5.74) is 2.34. The zero-order valence-electron chi connectivity index (χ0n) is 10.1. The summed E-state index contributed by atoms with van der Waals surface area (Å²) in [6.45, 7) is 4.04. The van der Waals surface area contributed by atoms with E-state index in [2.05, 4.69) is 12.2 Å². The van der Waals surface area contributed by atoms with Gasteiger partial charge in [0, 0.05) is 34.2 Å². The largest absolute Gasteiger partial charge is 0.312 e. The number of hydrogen-bond acceptors (Lipinski definition) is 3. The highest BCUT2D eigenvalue weighted by Crippen LogP contribution is 2.32. The molecule has 1 N–H and O–H groups in total. The highest BCUT2D eigenvalue weighted by molar-refractivity contribution is 7.12. The normalized spacial score (nSPS) is 14.7. The fourth-order valence-corrected chi connectivity index (χ4v) is 3.73. The van der Waals surface area contributed by atoms with Gasteiger partial charge in [-0.3, -0.25) is 4.79 Å². The molecule has 4 heteroatoms. The van der Waals surface area contributed by atoms with E-state index >= 15 is 0 Å². The third-order valence-corrected chi connectivity index (χ3v) is 4.78. The van der Waals surface area contributed by atoms with Crippen molar-refractivity contribution >= 4 is 28.7 Å². The Balaban J connectivity index is 2.30. The van der Waals surface area contributed by atoms with Crippen LogP contribution < -0.4 is 5.32 Å². The van der Waals surface area contributed by atoms with Crippen molar-refractivity contribution in [2.45, 2.75) is 39.2 Å². The molecule has 0 amide bonds. The van der Waals surface area contributed by atoms with E-state index in [1.807, 2.05) is 11.3 Å². The molecule has 1 aromatic rings. The Bertz CT molecular complexity index is 414. The number of aryl methyl sites for hydroxylation is 1. The number of ketones is 1. The van der Waals surface area contributed by atoms with Gasteiger partial charge in [-0.05, 0) is 31.4 Å². The van der Waals surface area contributed by atoms with Crippen LogP contribution in [0.25, 0.3) is 0 Å². The second-order valence-electron chi connectivity index (χ2n) is 4.30. The number of Topliss-reactive ketones (excluding diaryl/α,β-unsaturated/α-hetero) is 1. The summed E-state index contributed by atoms with van der Waals surface area (Å²) in [6, 6.07) is 0. The molecule has 1 aliphatic rings. The van der Waals surface area contributed by atoms with Crippen molar-refractivity contribution in [3.8, 4) is 0 Å². The molecule has 17 heavy (non-hydrogen) atoms. The molecule has 0 atom stereocenters. The molecule has 0 saturated carbocycles. The molecule has 0 bridgehead atoms. The molecule has 0 spiro atoms. The van der Waals surface area contributed by atoms with Crippen LogP contribution in [-0.4, -0.2) is 18.2 Å². The Labute approximate surface area is 111 Å². The maximum atomic E-state index is 12.2.